The third kappa shape index (κ3) is 1.57. The zero-order chi connectivity index (χ0) is 12.0. The van der Waals surface area contributed by atoms with Gasteiger partial charge in [0.2, 0.25) is 0 Å². The van der Waals surface area contributed by atoms with E-state index in [9.17, 15) is 4.79 Å². The molecule has 2 aliphatic heterocycles. The second-order valence-electron chi connectivity index (χ2n) is 4.57. The summed E-state index contributed by atoms with van der Waals surface area (Å²) in [5, 5.41) is 4.11. The number of fused-ring (bicyclic) bond motifs is 2. The van der Waals surface area contributed by atoms with Crippen molar-refractivity contribution in [2.45, 2.75) is 31.7 Å². The number of hydrogen-bond donors (Lipinski definition) is 2. The molecule has 1 aromatic heterocycles. The first kappa shape index (κ1) is 11.0. The van der Waals surface area contributed by atoms with Gasteiger partial charge in [-0.1, -0.05) is 0 Å². The summed E-state index contributed by atoms with van der Waals surface area (Å²) in [5.74, 6) is 0.179. The first-order valence-corrected chi connectivity index (χ1v) is 6.86. The van der Waals surface area contributed by atoms with Crippen molar-refractivity contribution >= 4 is 22.3 Å². The van der Waals surface area contributed by atoms with Crippen LogP contribution in [0.15, 0.2) is 0 Å². The maximum atomic E-state index is 12.0. The number of esters is 1. The highest BCUT2D eigenvalue weighted by molar-refractivity contribution is 7.16. The molecule has 0 amide bonds. The van der Waals surface area contributed by atoms with E-state index in [1.165, 1.54) is 10.4 Å². The van der Waals surface area contributed by atoms with Crippen LogP contribution in [0.2, 0.25) is 0 Å². The van der Waals surface area contributed by atoms with Gasteiger partial charge in [0.15, 0.2) is 0 Å². The Morgan fingerprint density at radius 2 is 2.41 bits per heavy atom. The van der Waals surface area contributed by atoms with Crippen LogP contribution in [0.25, 0.3) is 0 Å². The molecule has 0 radical (unpaired) electrons. The van der Waals surface area contributed by atoms with Gasteiger partial charge in [0.05, 0.1) is 12.2 Å². The van der Waals surface area contributed by atoms with Crippen molar-refractivity contribution in [3.8, 4) is 0 Å². The molecule has 1 aliphatic carbocycles. The predicted octanol–water partition coefficient (Wildman–Crippen LogP) is 2.03. The highest BCUT2D eigenvalue weighted by Crippen LogP contribution is 2.49. The van der Waals surface area contributed by atoms with Crippen molar-refractivity contribution < 1.29 is 9.53 Å². The van der Waals surface area contributed by atoms with Gasteiger partial charge >= 0.3 is 5.97 Å². The smallest absolute Gasteiger partial charge is 0.341 e. The standard InChI is InChI=1S/C12H16N2O2S/c1-2-16-12(15)9-8-6-3-4-7(14-5-6)10(8)17-11(9)13/h6-7,14H,2-5,13H2,1H3. The van der Waals surface area contributed by atoms with Crippen LogP contribution < -0.4 is 11.1 Å². The number of nitrogens with two attached hydrogens (primary N) is 1. The minimum atomic E-state index is -0.255. The lowest BCUT2D eigenvalue weighted by atomic mass is 9.79. The van der Waals surface area contributed by atoms with Crippen LogP contribution in [0.1, 0.15) is 52.5 Å². The zero-order valence-electron chi connectivity index (χ0n) is 9.79. The average molecular weight is 252 g/mol. The summed E-state index contributed by atoms with van der Waals surface area (Å²) in [6.45, 7) is 3.18. The minimum Gasteiger partial charge on any atom is -0.462 e. The molecule has 1 aromatic rings. The molecule has 5 heteroatoms. The van der Waals surface area contributed by atoms with Crippen LogP contribution in [0.5, 0.6) is 0 Å². The summed E-state index contributed by atoms with van der Waals surface area (Å²) in [4.78, 5) is 13.2. The lowest BCUT2D eigenvalue weighted by Crippen LogP contribution is -2.38. The number of rotatable bonds is 2. The van der Waals surface area contributed by atoms with E-state index < -0.39 is 0 Å². The Balaban J connectivity index is 2.08. The summed E-state index contributed by atoms with van der Waals surface area (Å²) in [6.07, 6.45) is 2.30. The molecular formula is C12H16N2O2S. The summed E-state index contributed by atoms with van der Waals surface area (Å²) >= 11 is 1.55. The fourth-order valence-corrected chi connectivity index (χ4v) is 4.14. The molecule has 2 atom stereocenters. The largest absolute Gasteiger partial charge is 0.462 e. The van der Waals surface area contributed by atoms with Crippen LogP contribution in [0.4, 0.5) is 5.00 Å². The number of nitrogen functional groups attached to an aromatic ring is 1. The van der Waals surface area contributed by atoms with Gasteiger partial charge in [0.25, 0.3) is 0 Å². The molecule has 92 valence electrons. The van der Waals surface area contributed by atoms with Crippen molar-refractivity contribution in [3.05, 3.63) is 16.0 Å². The second kappa shape index (κ2) is 3.99. The lowest BCUT2D eigenvalue weighted by molar-refractivity contribution is 0.0525. The average Bonchev–Trinajstić information content (AvgIpc) is 2.69. The first-order chi connectivity index (χ1) is 8.22. The number of carbonyl (C=O) groups is 1. The highest BCUT2D eigenvalue weighted by atomic mass is 32.1. The van der Waals surface area contributed by atoms with Crippen LogP contribution in [0.3, 0.4) is 0 Å². The monoisotopic (exact) mass is 252 g/mol. The van der Waals surface area contributed by atoms with Gasteiger partial charge in [-0.15, -0.1) is 11.3 Å². The van der Waals surface area contributed by atoms with Crippen LogP contribution in [-0.4, -0.2) is 19.1 Å². The maximum Gasteiger partial charge on any atom is 0.341 e. The van der Waals surface area contributed by atoms with Crippen molar-refractivity contribution in [1.29, 1.82) is 0 Å². The minimum absolute atomic E-state index is 0.255. The van der Waals surface area contributed by atoms with Gasteiger partial charge < -0.3 is 15.8 Å². The molecular weight excluding hydrogens is 236 g/mol. The Morgan fingerprint density at radius 3 is 3.06 bits per heavy atom. The van der Waals surface area contributed by atoms with E-state index in [0.29, 0.717) is 29.1 Å². The second-order valence-corrected chi connectivity index (χ2v) is 5.66. The van der Waals surface area contributed by atoms with E-state index in [4.69, 9.17) is 10.5 Å². The first-order valence-electron chi connectivity index (χ1n) is 6.05. The van der Waals surface area contributed by atoms with Gasteiger partial charge in [-0.3, -0.25) is 0 Å². The number of ether oxygens (including phenoxy) is 1. The van der Waals surface area contributed by atoms with Gasteiger partial charge in [-0.2, -0.15) is 0 Å². The topological polar surface area (TPSA) is 64.3 Å². The SMILES string of the molecule is CCOC(=O)c1c(N)sc2c1C1CCC2NC1. The van der Waals surface area contributed by atoms with E-state index in [0.717, 1.165) is 19.4 Å². The summed E-state index contributed by atoms with van der Waals surface area (Å²) in [5.41, 5.74) is 7.80. The van der Waals surface area contributed by atoms with E-state index in [-0.39, 0.29) is 5.97 Å². The number of carbonyl (C=O) groups excluding carboxylic acids is 1. The molecule has 3 heterocycles. The van der Waals surface area contributed by atoms with Crippen LogP contribution >= 0.6 is 11.3 Å². The summed E-state index contributed by atoms with van der Waals surface area (Å²) < 4.78 is 5.11. The molecule has 2 unspecified atom stereocenters. The molecule has 0 saturated carbocycles. The molecule has 4 nitrogen and oxygen atoms in total. The number of hydrogen-bond acceptors (Lipinski definition) is 5. The Labute approximate surface area is 104 Å². The quantitative estimate of drug-likeness (QED) is 0.790. The molecule has 0 spiro atoms. The highest BCUT2D eigenvalue weighted by Gasteiger charge is 2.39. The Hall–Kier alpha value is -1.07. The number of thiophene rings is 1. The fourth-order valence-electron chi connectivity index (χ4n) is 2.89. The molecule has 3 N–H and O–H groups in total. The summed E-state index contributed by atoms with van der Waals surface area (Å²) in [6, 6.07) is 0.394. The van der Waals surface area contributed by atoms with E-state index in [1.807, 2.05) is 6.92 Å². The van der Waals surface area contributed by atoms with E-state index >= 15 is 0 Å². The molecule has 1 saturated heterocycles. The molecule has 17 heavy (non-hydrogen) atoms. The van der Waals surface area contributed by atoms with Gasteiger partial charge in [0, 0.05) is 17.5 Å². The zero-order valence-corrected chi connectivity index (χ0v) is 10.6. The lowest BCUT2D eigenvalue weighted by Gasteiger charge is -2.37. The van der Waals surface area contributed by atoms with Crippen molar-refractivity contribution in [2.75, 3.05) is 18.9 Å². The Bertz CT molecular complexity index is 461. The van der Waals surface area contributed by atoms with Gasteiger partial charge in [-0.25, -0.2) is 4.79 Å². The maximum absolute atomic E-state index is 12.0. The van der Waals surface area contributed by atoms with Crippen molar-refractivity contribution in [1.82, 2.24) is 5.32 Å². The summed E-state index contributed by atoms with van der Waals surface area (Å²) in [7, 11) is 0. The van der Waals surface area contributed by atoms with Crippen LogP contribution in [0, 0.1) is 0 Å². The predicted molar refractivity (Wildman–Crippen MR) is 67.4 cm³/mol. The third-order valence-electron chi connectivity index (χ3n) is 3.62. The number of anilines is 1. The normalized spacial score (nSPS) is 25.7. The van der Waals surface area contributed by atoms with Crippen LogP contribution in [-0.2, 0) is 4.74 Å². The molecule has 2 bridgehead atoms. The Morgan fingerprint density at radius 1 is 1.59 bits per heavy atom. The number of piperidine rings is 1. The van der Waals surface area contributed by atoms with Crippen molar-refractivity contribution in [3.63, 3.8) is 0 Å². The fraction of sp³-hybridized carbons (Fsp3) is 0.583. The Kier molecular flexibility index (Phi) is 2.60. The molecule has 0 aromatic carbocycles. The van der Waals surface area contributed by atoms with E-state index in [2.05, 4.69) is 5.32 Å². The molecule has 1 fully saturated rings. The van der Waals surface area contributed by atoms with E-state index in [1.54, 1.807) is 11.3 Å². The number of nitrogens with one attached hydrogen (secondary N) is 1. The molecule has 3 aliphatic rings. The molecule has 4 rings (SSSR count). The third-order valence-corrected chi connectivity index (χ3v) is 4.77. The van der Waals surface area contributed by atoms with Gasteiger partial charge in [0.1, 0.15) is 5.00 Å². The van der Waals surface area contributed by atoms with Crippen molar-refractivity contribution in [2.24, 2.45) is 0 Å². The van der Waals surface area contributed by atoms with Gasteiger partial charge in [-0.05, 0) is 31.2 Å².